The molecule has 0 unspecified atom stereocenters. The largest absolute Gasteiger partial charge is 0.465 e. The number of nitrogens with one attached hydrogen (secondary N) is 2. The summed E-state index contributed by atoms with van der Waals surface area (Å²) in [6, 6.07) is 5.80. The number of ether oxygens (including phenoxy) is 2. The molecule has 4 rings (SSSR count). The SMILES string of the molecule is COC(=O)c1ccc([C@H]2NC(=O)NC3=C2C(=O)N(C[C@@H]2CCCO2)C3)cc1. The number of carbonyl (C=O) groups excluding carboxylic acids is 3. The maximum Gasteiger partial charge on any atom is 0.337 e. The molecule has 8 heteroatoms. The Labute approximate surface area is 156 Å². The fraction of sp³-hybridized carbons (Fsp3) is 0.421. The van der Waals surface area contributed by atoms with E-state index in [0.29, 0.717) is 29.9 Å². The summed E-state index contributed by atoms with van der Waals surface area (Å²) in [4.78, 5) is 38.4. The number of carbonyl (C=O) groups is 3. The second-order valence-corrected chi connectivity index (χ2v) is 6.86. The molecule has 0 saturated carbocycles. The lowest BCUT2D eigenvalue weighted by atomic mass is 9.95. The van der Waals surface area contributed by atoms with Crippen LogP contribution in [0.2, 0.25) is 0 Å². The lowest BCUT2D eigenvalue weighted by Crippen LogP contribution is -2.44. The lowest BCUT2D eigenvalue weighted by Gasteiger charge is -2.25. The standard InChI is InChI=1S/C19H21N3O5/c1-26-18(24)12-6-4-11(5-7-12)16-15-14(20-19(25)21-16)10-22(17(15)23)9-13-3-2-8-27-13/h4-7,13,16H,2-3,8-10H2,1H3,(H2,20,21,25)/t13-,16+/m0/s1. The predicted octanol–water partition coefficient (Wildman–Crippen LogP) is 1.10. The van der Waals surface area contributed by atoms with Gasteiger partial charge in [0.05, 0.1) is 42.6 Å². The van der Waals surface area contributed by atoms with Gasteiger partial charge in [-0.3, -0.25) is 4.79 Å². The van der Waals surface area contributed by atoms with Crippen molar-refractivity contribution in [1.82, 2.24) is 15.5 Å². The summed E-state index contributed by atoms with van der Waals surface area (Å²) in [6.07, 6.45) is 2.00. The molecular weight excluding hydrogens is 350 g/mol. The molecule has 142 valence electrons. The number of amides is 3. The monoisotopic (exact) mass is 371 g/mol. The minimum absolute atomic E-state index is 0.0525. The van der Waals surface area contributed by atoms with Crippen LogP contribution < -0.4 is 10.6 Å². The van der Waals surface area contributed by atoms with Crippen LogP contribution in [0.1, 0.15) is 34.8 Å². The predicted molar refractivity (Wildman–Crippen MR) is 94.8 cm³/mol. The summed E-state index contributed by atoms with van der Waals surface area (Å²) < 4.78 is 10.3. The normalized spacial score (nSPS) is 24.6. The molecule has 1 saturated heterocycles. The number of benzene rings is 1. The molecule has 1 aromatic carbocycles. The minimum Gasteiger partial charge on any atom is -0.465 e. The average molecular weight is 371 g/mol. The molecule has 0 aliphatic carbocycles. The molecule has 2 N–H and O–H groups in total. The molecule has 3 heterocycles. The maximum absolute atomic E-state index is 13.0. The van der Waals surface area contributed by atoms with E-state index < -0.39 is 12.0 Å². The van der Waals surface area contributed by atoms with Gasteiger partial charge in [-0.15, -0.1) is 0 Å². The zero-order valence-corrected chi connectivity index (χ0v) is 15.0. The summed E-state index contributed by atoms with van der Waals surface area (Å²) >= 11 is 0. The number of methoxy groups -OCH3 is 1. The summed E-state index contributed by atoms with van der Waals surface area (Å²) in [6.45, 7) is 1.63. The van der Waals surface area contributed by atoms with Gasteiger partial charge in [0.15, 0.2) is 0 Å². The van der Waals surface area contributed by atoms with Gasteiger partial charge in [0.2, 0.25) is 0 Å². The van der Waals surface area contributed by atoms with Crippen molar-refractivity contribution in [3.63, 3.8) is 0 Å². The molecule has 3 aliphatic rings. The first-order valence-electron chi connectivity index (χ1n) is 8.96. The number of esters is 1. The maximum atomic E-state index is 13.0. The Balaban J connectivity index is 1.57. The van der Waals surface area contributed by atoms with E-state index in [4.69, 9.17) is 9.47 Å². The first-order valence-corrected chi connectivity index (χ1v) is 8.96. The van der Waals surface area contributed by atoms with Crippen molar-refractivity contribution in [1.29, 1.82) is 0 Å². The van der Waals surface area contributed by atoms with Gasteiger partial charge in [-0.05, 0) is 30.5 Å². The molecule has 3 amide bonds. The lowest BCUT2D eigenvalue weighted by molar-refractivity contribution is -0.127. The second-order valence-electron chi connectivity index (χ2n) is 6.86. The molecule has 1 fully saturated rings. The quantitative estimate of drug-likeness (QED) is 0.773. The minimum atomic E-state index is -0.553. The van der Waals surface area contributed by atoms with Crippen LogP contribution in [0.5, 0.6) is 0 Å². The molecule has 0 spiro atoms. The molecule has 0 radical (unpaired) electrons. The fourth-order valence-electron chi connectivity index (χ4n) is 3.79. The zero-order valence-electron chi connectivity index (χ0n) is 15.0. The molecule has 0 bridgehead atoms. The van der Waals surface area contributed by atoms with Crippen LogP contribution >= 0.6 is 0 Å². The van der Waals surface area contributed by atoms with Gasteiger partial charge in [0.25, 0.3) is 5.91 Å². The number of hydrogen-bond donors (Lipinski definition) is 2. The summed E-state index contributed by atoms with van der Waals surface area (Å²) in [7, 11) is 1.32. The van der Waals surface area contributed by atoms with Crippen molar-refractivity contribution in [2.45, 2.75) is 25.0 Å². The van der Waals surface area contributed by atoms with E-state index in [0.717, 1.165) is 25.0 Å². The van der Waals surface area contributed by atoms with Crippen LogP contribution in [0.4, 0.5) is 4.79 Å². The van der Waals surface area contributed by atoms with Gasteiger partial charge >= 0.3 is 12.0 Å². The Morgan fingerprint density at radius 3 is 2.74 bits per heavy atom. The highest BCUT2D eigenvalue weighted by Crippen LogP contribution is 2.33. The molecule has 27 heavy (non-hydrogen) atoms. The third kappa shape index (κ3) is 3.28. The summed E-state index contributed by atoms with van der Waals surface area (Å²) in [5.41, 5.74) is 2.31. The van der Waals surface area contributed by atoms with E-state index in [1.807, 2.05) is 0 Å². The number of urea groups is 1. The summed E-state index contributed by atoms with van der Waals surface area (Å²) in [5, 5.41) is 5.56. The highest BCUT2D eigenvalue weighted by atomic mass is 16.5. The Hall–Kier alpha value is -2.87. The van der Waals surface area contributed by atoms with Crippen LogP contribution in [0.15, 0.2) is 35.5 Å². The fourth-order valence-corrected chi connectivity index (χ4v) is 3.79. The molecule has 1 aromatic rings. The molecular formula is C19H21N3O5. The third-order valence-corrected chi connectivity index (χ3v) is 5.13. The van der Waals surface area contributed by atoms with Gasteiger partial charge in [-0.1, -0.05) is 12.1 Å². The van der Waals surface area contributed by atoms with E-state index in [9.17, 15) is 14.4 Å². The van der Waals surface area contributed by atoms with Crippen molar-refractivity contribution >= 4 is 17.9 Å². The molecule has 3 aliphatic heterocycles. The molecule has 0 aromatic heterocycles. The Morgan fingerprint density at radius 1 is 1.30 bits per heavy atom. The number of rotatable bonds is 4. The average Bonchev–Trinajstić information content (AvgIpc) is 3.29. The van der Waals surface area contributed by atoms with E-state index in [2.05, 4.69) is 10.6 Å². The van der Waals surface area contributed by atoms with E-state index in [-0.39, 0.29) is 18.0 Å². The van der Waals surface area contributed by atoms with Crippen LogP contribution in [0.25, 0.3) is 0 Å². The molecule has 2 atom stereocenters. The van der Waals surface area contributed by atoms with Crippen molar-refractivity contribution in [2.75, 3.05) is 26.8 Å². The zero-order chi connectivity index (χ0) is 19.0. The Morgan fingerprint density at radius 2 is 2.07 bits per heavy atom. The Kier molecular flexibility index (Phi) is 4.57. The Bertz CT molecular complexity index is 811. The van der Waals surface area contributed by atoms with Crippen molar-refractivity contribution < 1.29 is 23.9 Å². The third-order valence-electron chi connectivity index (χ3n) is 5.13. The van der Waals surface area contributed by atoms with E-state index in [1.165, 1.54) is 7.11 Å². The smallest absolute Gasteiger partial charge is 0.337 e. The first kappa shape index (κ1) is 17.5. The van der Waals surface area contributed by atoms with Crippen LogP contribution in [0, 0.1) is 0 Å². The van der Waals surface area contributed by atoms with Gasteiger partial charge in [-0.25, -0.2) is 9.59 Å². The number of hydrogen-bond acceptors (Lipinski definition) is 5. The van der Waals surface area contributed by atoms with Crippen molar-refractivity contribution in [2.24, 2.45) is 0 Å². The van der Waals surface area contributed by atoms with E-state index >= 15 is 0 Å². The van der Waals surface area contributed by atoms with Gasteiger partial charge in [0, 0.05) is 13.2 Å². The highest BCUT2D eigenvalue weighted by molar-refractivity contribution is 6.01. The van der Waals surface area contributed by atoms with Gasteiger partial charge < -0.3 is 25.0 Å². The van der Waals surface area contributed by atoms with E-state index in [1.54, 1.807) is 29.2 Å². The van der Waals surface area contributed by atoms with Crippen LogP contribution in [0.3, 0.4) is 0 Å². The van der Waals surface area contributed by atoms with Crippen molar-refractivity contribution in [3.05, 3.63) is 46.7 Å². The van der Waals surface area contributed by atoms with Crippen LogP contribution in [-0.4, -0.2) is 55.7 Å². The van der Waals surface area contributed by atoms with Crippen molar-refractivity contribution in [3.8, 4) is 0 Å². The highest BCUT2D eigenvalue weighted by Gasteiger charge is 2.41. The first-order chi connectivity index (χ1) is 13.1. The number of nitrogens with zero attached hydrogens (tertiary/aromatic N) is 1. The topological polar surface area (TPSA) is 97.0 Å². The van der Waals surface area contributed by atoms with Gasteiger partial charge in [-0.2, -0.15) is 0 Å². The second kappa shape index (κ2) is 7.03. The van der Waals surface area contributed by atoms with Crippen LogP contribution in [-0.2, 0) is 14.3 Å². The molecule has 8 nitrogen and oxygen atoms in total. The summed E-state index contributed by atoms with van der Waals surface area (Å²) in [5.74, 6) is -0.537. The van der Waals surface area contributed by atoms with Gasteiger partial charge in [0.1, 0.15) is 0 Å².